The summed E-state index contributed by atoms with van der Waals surface area (Å²) >= 11 is 0. The van der Waals surface area contributed by atoms with Crippen molar-refractivity contribution < 1.29 is 14.7 Å². The van der Waals surface area contributed by atoms with E-state index >= 15 is 0 Å². The van der Waals surface area contributed by atoms with E-state index in [0.29, 0.717) is 6.54 Å². The first-order chi connectivity index (χ1) is 7.07. The highest BCUT2D eigenvalue weighted by atomic mass is 16.4. The summed E-state index contributed by atoms with van der Waals surface area (Å²) in [6.45, 7) is 4.38. The smallest absolute Gasteiger partial charge is 0.317 e. The molecule has 15 heavy (non-hydrogen) atoms. The van der Waals surface area contributed by atoms with Crippen LogP contribution in [0, 0.1) is 0 Å². The summed E-state index contributed by atoms with van der Waals surface area (Å²) in [4.78, 5) is 22.9. The third-order valence-electron chi connectivity index (χ3n) is 1.87. The molecule has 0 aromatic heterocycles. The van der Waals surface area contributed by atoms with Gasteiger partial charge in [-0.15, -0.1) is 6.58 Å². The van der Waals surface area contributed by atoms with Crippen LogP contribution in [0.4, 0.5) is 4.79 Å². The van der Waals surface area contributed by atoms with Gasteiger partial charge in [0.2, 0.25) is 0 Å². The van der Waals surface area contributed by atoms with E-state index in [0.717, 1.165) is 12.8 Å². The van der Waals surface area contributed by atoms with Crippen molar-refractivity contribution in [1.29, 1.82) is 0 Å². The molecule has 0 fully saturated rings. The molecule has 86 valence electrons. The van der Waals surface area contributed by atoms with Crippen LogP contribution in [-0.2, 0) is 4.79 Å². The van der Waals surface area contributed by atoms with Gasteiger partial charge in [-0.1, -0.05) is 6.08 Å². The highest BCUT2D eigenvalue weighted by Gasteiger charge is 2.08. The lowest BCUT2D eigenvalue weighted by Crippen LogP contribution is -2.38. The van der Waals surface area contributed by atoms with Gasteiger partial charge in [0.05, 0.1) is 6.42 Å². The number of nitrogens with one attached hydrogen (secondary N) is 1. The molecule has 0 heterocycles. The third-order valence-corrected chi connectivity index (χ3v) is 1.87. The number of amides is 2. The van der Waals surface area contributed by atoms with Crippen LogP contribution < -0.4 is 5.32 Å². The molecule has 2 N–H and O–H groups in total. The first-order valence-corrected chi connectivity index (χ1v) is 4.89. The predicted molar refractivity (Wildman–Crippen MR) is 57.7 cm³/mol. The molecule has 0 atom stereocenters. The molecule has 0 aliphatic rings. The molecule has 0 unspecified atom stereocenters. The second-order valence-electron chi connectivity index (χ2n) is 3.23. The first kappa shape index (κ1) is 13.5. The zero-order valence-corrected chi connectivity index (χ0v) is 9.03. The molecule has 0 bridgehead atoms. The monoisotopic (exact) mass is 214 g/mol. The molecular formula is C10H18N2O3. The molecule has 0 saturated heterocycles. The van der Waals surface area contributed by atoms with Crippen molar-refractivity contribution in [3.05, 3.63) is 12.7 Å². The lowest BCUT2D eigenvalue weighted by molar-refractivity contribution is -0.137. The molecule has 0 radical (unpaired) electrons. The number of unbranched alkanes of at least 4 members (excludes halogenated alkanes) is 1. The lowest BCUT2D eigenvalue weighted by atomic mass is 10.3. The van der Waals surface area contributed by atoms with E-state index in [9.17, 15) is 9.59 Å². The van der Waals surface area contributed by atoms with Gasteiger partial charge in [-0.25, -0.2) is 4.79 Å². The summed E-state index contributed by atoms with van der Waals surface area (Å²) < 4.78 is 0. The van der Waals surface area contributed by atoms with Crippen LogP contribution in [0.25, 0.3) is 0 Å². The summed E-state index contributed by atoms with van der Waals surface area (Å²) in [5.74, 6) is -0.902. The molecule has 0 aliphatic carbocycles. The van der Waals surface area contributed by atoms with Crippen molar-refractivity contribution >= 4 is 12.0 Å². The van der Waals surface area contributed by atoms with Crippen molar-refractivity contribution in [3.63, 3.8) is 0 Å². The number of carboxylic acids is 1. The van der Waals surface area contributed by atoms with E-state index in [1.165, 1.54) is 4.90 Å². The number of carbonyl (C=O) groups is 2. The summed E-state index contributed by atoms with van der Waals surface area (Å²) in [7, 11) is 1.58. The number of urea groups is 1. The average Bonchev–Trinajstić information content (AvgIpc) is 2.20. The van der Waals surface area contributed by atoms with Crippen LogP contribution in [0.1, 0.15) is 19.3 Å². The van der Waals surface area contributed by atoms with Gasteiger partial charge < -0.3 is 15.3 Å². The minimum atomic E-state index is -0.902. The van der Waals surface area contributed by atoms with Crippen molar-refractivity contribution in [2.24, 2.45) is 0 Å². The summed E-state index contributed by atoms with van der Waals surface area (Å²) in [5, 5.41) is 11.1. The third kappa shape index (κ3) is 7.54. The van der Waals surface area contributed by atoms with Crippen molar-refractivity contribution in [2.75, 3.05) is 20.1 Å². The number of rotatable bonds is 7. The van der Waals surface area contributed by atoms with Gasteiger partial charge in [-0.3, -0.25) is 4.79 Å². The highest BCUT2D eigenvalue weighted by molar-refractivity contribution is 5.74. The Morgan fingerprint density at radius 1 is 1.53 bits per heavy atom. The van der Waals surface area contributed by atoms with Crippen molar-refractivity contribution in [1.82, 2.24) is 10.2 Å². The number of nitrogens with zero attached hydrogens (tertiary/aromatic N) is 1. The minimum absolute atomic E-state index is 0.0312. The molecule has 0 saturated carbocycles. The average molecular weight is 214 g/mol. The fourth-order valence-corrected chi connectivity index (χ4v) is 0.942. The minimum Gasteiger partial charge on any atom is -0.481 e. The van der Waals surface area contributed by atoms with E-state index in [4.69, 9.17) is 5.11 Å². The number of carbonyl (C=O) groups excluding carboxylic acids is 1. The maximum Gasteiger partial charge on any atom is 0.317 e. The molecule has 5 nitrogen and oxygen atoms in total. The Hall–Kier alpha value is -1.52. The molecule has 0 spiro atoms. The van der Waals surface area contributed by atoms with Gasteiger partial charge in [0.15, 0.2) is 0 Å². The van der Waals surface area contributed by atoms with Crippen LogP contribution in [-0.4, -0.2) is 42.1 Å². The van der Waals surface area contributed by atoms with Gasteiger partial charge in [0, 0.05) is 20.1 Å². The Morgan fingerprint density at radius 3 is 2.73 bits per heavy atom. The summed E-state index contributed by atoms with van der Waals surface area (Å²) in [5.41, 5.74) is 0. The predicted octanol–water partition coefficient (Wildman–Crippen LogP) is 1.07. The normalized spacial score (nSPS) is 9.40. The van der Waals surface area contributed by atoms with Crippen LogP contribution in [0.3, 0.4) is 0 Å². The largest absolute Gasteiger partial charge is 0.481 e. The Balaban J connectivity index is 3.59. The van der Waals surface area contributed by atoms with E-state index in [1.807, 2.05) is 0 Å². The Labute approximate surface area is 89.8 Å². The highest BCUT2D eigenvalue weighted by Crippen LogP contribution is 1.91. The first-order valence-electron chi connectivity index (χ1n) is 4.89. The quantitative estimate of drug-likeness (QED) is 0.492. The fraction of sp³-hybridized carbons (Fsp3) is 0.600. The molecule has 5 heteroatoms. The molecule has 0 aliphatic heterocycles. The standard InChI is InChI=1S/C10H18N2O3/c1-3-4-5-7-11-10(15)12(2)8-6-9(13)14/h3H,1,4-8H2,2H3,(H,11,15)(H,13,14). The van der Waals surface area contributed by atoms with Crippen LogP contribution in [0.2, 0.25) is 0 Å². The van der Waals surface area contributed by atoms with Gasteiger partial charge in [-0.2, -0.15) is 0 Å². The van der Waals surface area contributed by atoms with E-state index < -0.39 is 5.97 Å². The molecule has 0 aromatic carbocycles. The topological polar surface area (TPSA) is 69.6 Å². The SMILES string of the molecule is C=CCCCNC(=O)N(C)CCC(=O)O. The Morgan fingerprint density at radius 2 is 2.20 bits per heavy atom. The Bertz CT molecular complexity index is 229. The number of allylic oxidation sites excluding steroid dienone is 1. The zero-order chi connectivity index (χ0) is 11.7. The second-order valence-corrected chi connectivity index (χ2v) is 3.23. The molecule has 0 aromatic rings. The summed E-state index contributed by atoms with van der Waals surface area (Å²) in [6, 6.07) is -0.236. The number of hydrogen-bond donors (Lipinski definition) is 2. The Kier molecular flexibility index (Phi) is 7.05. The number of hydrogen-bond acceptors (Lipinski definition) is 2. The van der Waals surface area contributed by atoms with Crippen LogP contribution in [0.15, 0.2) is 12.7 Å². The van der Waals surface area contributed by atoms with Gasteiger partial charge in [0.1, 0.15) is 0 Å². The number of aliphatic carboxylic acids is 1. The van der Waals surface area contributed by atoms with E-state index in [1.54, 1.807) is 13.1 Å². The maximum atomic E-state index is 11.3. The van der Waals surface area contributed by atoms with Crippen LogP contribution in [0.5, 0.6) is 0 Å². The number of carboxylic acid groups (broad SMARTS) is 1. The van der Waals surface area contributed by atoms with E-state index in [-0.39, 0.29) is 19.0 Å². The van der Waals surface area contributed by atoms with Gasteiger partial charge >= 0.3 is 12.0 Å². The molecule has 2 amide bonds. The molecule has 0 rings (SSSR count). The van der Waals surface area contributed by atoms with Crippen LogP contribution >= 0.6 is 0 Å². The van der Waals surface area contributed by atoms with E-state index in [2.05, 4.69) is 11.9 Å². The van der Waals surface area contributed by atoms with Crippen molar-refractivity contribution in [2.45, 2.75) is 19.3 Å². The second kappa shape index (κ2) is 7.84. The zero-order valence-electron chi connectivity index (χ0n) is 9.03. The lowest BCUT2D eigenvalue weighted by Gasteiger charge is -2.16. The maximum absolute atomic E-state index is 11.3. The van der Waals surface area contributed by atoms with Gasteiger partial charge in [0.25, 0.3) is 0 Å². The van der Waals surface area contributed by atoms with Crippen molar-refractivity contribution in [3.8, 4) is 0 Å². The van der Waals surface area contributed by atoms with Gasteiger partial charge in [-0.05, 0) is 12.8 Å². The molecular weight excluding hydrogens is 196 g/mol. The fourth-order valence-electron chi connectivity index (χ4n) is 0.942. The summed E-state index contributed by atoms with van der Waals surface area (Å²) in [6.07, 6.45) is 3.47.